The van der Waals surface area contributed by atoms with Crippen LogP contribution in [0.4, 0.5) is 0 Å². The first-order valence-corrected chi connectivity index (χ1v) is 7.39. The topological polar surface area (TPSA) is 51.8 Å². The Balaban J connectivity index is 1.84. The van der Waals surface area contributed by atoms with Gasteiger partial charge in [-0.3, -0.25) is 0 Å². The largest absolute Gasteiger partial charge is 0.454 e. The van der Waals surface area contributed by atoms with Crippen molar-refractivity contribution in [2.75, 3.05) is 0 Å². The third-order valence-electron chi connectivity index (χ3n) is 4.03. The molecular formula is C19H11N3O. The molecule has 0 aliphatic heterocycles. The van der Waals surface area contributed by atoms with Crippen LogP contribution in [0.2, 0.25) is 0 Å². The highest BCUT2D eigenvalue weighted by molar-refractivity contribution is 6.03. The third-order valence-corrected chi connectivity index (χ3v) is 4.03. The summed E-state index contributed by atoms with van der Waals surface area (Å²) in [5.41, 5.74) is 4.07. The van der Waals surface area contributed by atoms with Crippen molar-refractivity contribution in [1.29, 1.82) is 0 Å². The molecule has 3 heterocycles. The van der Waals surface area contributed by atoms with Gasteiger partial charge in [0.15, 0.2) is 5.58 Å². The van der Waals surface area contributed by atoms with Gasteiger partial charge in [-0.1, -0.05) is 36.4 Å². The van der Waals surface area contributed by atoms with E-state index < -0.39 is 0 Å². The molecule has 108 valence electrons. The maximum Gasteiger partial charge on any atom is 0.153 e. The molecule has 0 amide bonds. The first-order chi connectivity index (χ1) is 11.4. The number of fused-ring (bicyclic) bond motifs is 4. The van der Waals surface area contributed by atoms with Crippen LogP contribution in [-0.4, -0.2) is 15.2 Å². The Morgan fingerprint density at radius 1 is 0.739 bits per heavy atom. The lowest BCUT2D eigenvalue weighted by atomic mass is 10.1. The Morgan fingerprint density at radius 2 is 1.57 bits per heavy atom. The number of hydrogen-bond acceptors (Lipinski definition) is 4. The van der Waals surface area contributed by atoms with Gasteiger partial charge in [0.1, 0.15) is 16.8 Å². The van der Waals surface area contributed by atoms with E-state index in [1.807, 2.05) is 60.7 Å². The number of nitrogens with zero attached hydrogens (tertiary/aromatic N) is 3. The molecule has 0 saturated carbocycles. The van der Waals surface area contributed by atoms with Crippen LogP contribution in [0.15, 0.2) is 71.3 Å². The Bertz CT molecular complexity index is 1170. The fraction of sp³-hybridized carbons (Fsp3) is 0. The molecule has 0 N–H and O–H groups in total. The van der Waals surface area contributed by atoms with Crippen LogP contribution in [0.3, 0.4) is 0 Å². The van der Waals surface area contributed by atoms with E-state index in [9.17, 15) is 0 Å². The van der Waals surface area contributed by atoms with Crippen LogP contribution < -0.4 is 0 Å². The second kappa shape index (κ2) is 4.61. The van der Waals surface area contributed by atoms with Crippen molar-refractivity contribution in [1.82, 2.24) is 15.2 Å². The fourth-order valence-electron chi connectivity index (χ4n) is 2.94. The molecule has 23 heavy (non-hydrogen) atoms. The lowest BCUT2D eigenvalue weighted by Crippen LogP contribution is -1.92. The zero-order valence-corrected chi connectivity index (χ0v) is 12.1. The quantitative estimate of drug-likeness (QED) is 0.454. The molecule has 0 bridgehead atoms. The Labute approximate surface area is 131 Å². The van der Waals surface area contributed by atoms with Crippen molar-refractivity contribution in [3.05, 3.63) is 66.9 Å². The first kappa shape index (κ1) is 12.3. The van der Waals surface area contributed by atoms with Crippen LogP contribution in [0.1, 0.15) is 0 Å². The van der Waals surface area contributed by atoms with E-state index in [1.165, 1.54) is 0 Å². The van der Waals surface area contributed by atoms with E-state index in [2.05, 4.69) is 10.2 Å². The highest BCUT2D eigenvalue weighted by atomic mass is 16.3. The van der Waals surface area contributed by atoms with Crippen molar-refractivity contribution in [3.8, 4) is 11.4 Å². The number of pyridine rings is 1. The SMILES string of the molecule is c1ccc2c(-c3ccc4oc5ccccc5c4n3)nncc2c1. The second-order valence-corrected chi connectivity index (χ2v) is 5.42. The van der Waals surface area contributed by atoms with Gasteiger partial charge >= 0.3 is 0 Å². The van der Waals surface area contributed by atoms with Crippen molar-refractivity contribution < 1.29 is 4.42 Å². The highest BCUT2D eigenvalue weighted by Crippen LogP contribution is 2.30. The molecule has 4 heteroatoms. The van der Waals surface area contributed by atoms with E-state index in [4.69, 9.17) is 9.40 Å². The van der Waals surface area contributed by atoms with E-state index in [0.717, 1.165) is 44.2 Å². The molecule has 2 aromatic carbocycles. The van der Waals surface area contributed by atoms with Gasteiger partial charge in [-0.25, -0.2) is 4.98 Å². The summed E-state index contributed by atoms with van der Waals surface area (Å²) in [5, 5.41) is 11.5. The number of hydrogen-bond donors (Lipinski definition) is 0. The monoisotopic (exact) mass is 297 g/mol. The molecule has 0 spiro atoms. The molecule has 0 atom stereocenters. The minimum Gasteiger partial charge on any atom is -0.454 e. The highest BCUT2D eigenvalue weighted by Gasteiger charge is 2.12. The van der Waals surface area contributed by atoms with Gasteiger partial charge < -0.3 is 4.42 Å². The van der Waals surface area contributed by atoms with Gasteiger partial charge in [-0.2, -0.15) is 5.10 Å². The van der Waals surface area contributed by atoms with Crippen molar-refractivity contribution >= 4 is 32.8 Å². The second-order valence-electron chi connectivity index (χ2n) is 5.42. The predicted molar refractivity (Wildman–Crippen MR) is 90.0 cm³/mol. The van der Waals surface area contributed by atoms with Gasteiger partial charge in [0.05, 0.1) is 11.9 Å². The molecule has 0 radical (unpaired) electrons. The summed E-state index contributed by atoms with van der Waals surface area (Å²) in [6.07, 6.45) is 1.77. The van der Waals surface area contributed by atoms with Crippen LogP contribution >= 0.6 is 0 Å². The number of para-hydroxylation sites is 1. The zero-order chi connectivity index (χ0) is 15.2. The molecule has 0 aliphatic carbocycles. The van der Waals surface area contributed by atoms with Gasteiger partial charge in [0.25, 0.3) is 0 Å². The van der Waals surface area contributed by atoms with Crippen LogP contribution in [0, 0.1) is 0 Å². The van der Waals surface area contributed by atoms with Crippen LogP contribution in [0.5, 0.6) is 0 Å². The average molecular weight is 297 g/mol. The standard InChI is InChI=1S/C19H11N3O/c1-2-6-13-12(5-1)11-20-22-18(13)15-9-10-17-19(21-15)14-7-3-4-8-16(14)23-17/h1-11H. The summed E-state index contributed by atoms with van der Waals surface area (Å²) < 4.78 is 5.83. The molecule has 3 aromatic heterocycles. The first-order valence-electron chi connectivity index (χ1n) is 7.39. The summed E-state index contributed by atoms with van der Waals surface area (Å²) in [6.45, 7) is 0. The molecule has 5 aromatic rings. The lowest BCUT2D eigenvalue weighted by Gasteiger charge is -2.03. The summed E-state index contributed by atoms with van der Waals surface area (Å²) in [7, 11) is 0. The minimum atomic E-state index is 0.781. The van der Waals surface area contributed by atoms with E-state index >= 15 is 0 Å². The third kappa shape index (κ3) is 1.82. The Kier molecular flexibility index (Phi) is 2.46. The molecule has 0 aliphatic rings. The molecule has 4 nitrogen and oxygen atoms in total. The summed E-state index contributed by atoms with van der Waals surface area (Å²) in [4.78, 5) is 4.79. The molecule has 0 saturated heterocycles. The van der Waals surface area contributed by atoms with Crippen LogP contribution in [0.25, 0.3) is 44.2 Å². The van der Waals surface area contributed by atoms with E-state index in [-0.39, 0.29) is 0 Å². The Morgan fingerprint density at radius 3 is 2.52 bits per heavy atom. The van der Waals surface area contributed by atoms with Crippen molar-refractivity contribution in [2.45, 2.75) is 0 Å². The minimum absolute atomic E-state index is 0.781. The van der Waals surface area contributed by atoms with E-state index in [1.54, 1.807) is 6.20 Å². The van der Waals surface area contributed by atoms with E-state index in [0.29, 0.717) is 0 Å². The average Bonchev–Trinajstić information content (AvgIpc) is 2.99. The molecular weight excluding hydrogens is 286 g/mol. The molecule has 0 unspecified atom stereocenters. The van der Waals surface area contributed by atoms with Crippen molar-refractivity contribution in [3.63, 3.8) is 0 Å². The van der Waals surface area contributed by atoms with Gasteiger partial charge in [0.2, 0.25) is 0 Å². The maximum atomic E-state index is 5.83. The molecule has 0 fully saturated rings. The number of aromatic nitrogens is 3. The van der Waals surface area contributed by atoms with Crippen LogP contribution in [-0.2, 0) is 0 Å². The zero-order valence-electron chi connectivity index (χ0n) is 12.1. The van der Waals surface area contributed by atoms with Crippen molar-refractivity contribution in [2.24, 2.45) is 0 Å². The number of rotatable bonds is 1. The Hall–Kier alpha value is -3.27. The maximum absolute atomic E-state index is 5.83. The van der Waals surface area contributed by atoms with Gasteiger partial charge in [-0.05, 0) is 24.3 Å². The fourth-order valence-corrected chi connectivity index (χ4v) is 2.94. The van der Waals surface area contributed by atoms with Gasteiger partial charge in [-0.15, -0.1) is 5.10 Å². The predicted octanol–water partition coefficient (Wildman–Crippen LogP) is 4.59. The summed E-state index contributed by atoms with van der Waals surface area (Å²) in [6, 6.07) is 19.9. The summed E-state index contributed by atoms with van der Waals surface area (Å²) in [5.74, 6) is 0. The summed E-state index contributed by atoms with van der Waals surface area (Å²) >= 11 is 0. The number of furan rings is 1. The normalized spacial score (nSPS) is 11.5. The smallest absolute Gasteiger partial charge is 0.153 e. The lowest BCUT2D eigenvalue weighted by molar-refractivity contribution is 0.668. The number of benzene rings is 2. The van der Waals surface area contributed by atoms with Gasteiger partial charge in [0, 0.05) is 16.2 Å². The molecule has 5 rings (SSSR count).